The molecule has 2 heterocycles. The smallest absolute Gasteiger partial charge is 0.317 e. The Morgan fingerprint density at radius 1 is 1.19 bits per heavy atom. The van der Waals surface area contributed by atoms with Crippen LogP contribution in [0.1, 0.15) is 57.1 Å². The van der Waals surface area contributed by atoms with Gasteiger partial charge in [0.05, 0.1) is 6.04 Å². The van der Waals surface area contributed by atoms with Gasteiger partial charge in [-0.1, -0.05) is 12.1 Å². The maximum atomic E-state index is 13.1. The largest absolute Gasteiger partial charge is 0.339 e. The summed E-state index contributed by atoms with van der Waals surface area (Å²) < 4.78 is 13.1. The second kappa shape index (κ2) is 7.13. The molecule has 0 unspecified atom stereocenters. The van der Waals surface area contributed by atoms with Crippen LogP contribution in [0.2, 0.25) is 0 Å². The Morgan fingerprint density at radius 3 is 2.48 bits per heavy atom. The van der Waals surface area contributed by atoms with Crippen LogP contribution in [-0.2, 0) is 4.79 Å². The van der Waals surface area contributed by atoms with Gasteiger partial charge in [-0.3, -0.25) is 4.79 Å². The average Bonchev–Trinajstić information content (AvgIpc) is 3.50. The quantitative estimate of drug-likeness (QED) is 0.882. The molecule has 2 aliphatic heterocycles. The molecule has 5 nitrogen and oxygen atoms in total. The fourth-order valence-corrected chi connectivity index (χ4v) is 4.47. The highest BCUT2D eigenvalue weighted by atomic mass is 19.1. The minimum absolute atomic E-state index is 0.0624. The Morgan fingerprint density at radius 2 is 1.85 bits per heavy atom. The van der Waals surface area contributed by atoms with Crippen molar-refractivity contribution in [2.45, 2.75) is 57.5 Å². The highest BCUT2D eigenvalue weighted by Crippen LogP contribution is 2.43. The van der Waals surface area contributed by atoms with Gasteiger partial charge in [-0.05, 0) is 62.1 Å². The Labute approximate surface area is 159 Å². The zero-order valence-corrected chi connectivity index (χ0v) is 15.9. The van der Waals surface area contributed by atoms with Gasteiger partial charge in [-0.15, -0.1) is 0 Å². The zero-order valence-electron chi connectivity index (χ0n) is 15.9. The standard InChI is InChI=1S/C21H28FN3O2/c1-15(16-2-4-17(22)5-3-16)23-20(27)24-12-10-21(11-13-24)9-8-19(26)25(14-21)18-6-7-18/h2-5,15,18H,6-14H2,1H3,(H,23,27)/t15-/m0/s1. The van der Waals surface area contributed by atoms with E-state index < -0.39 is 0 Å². The fraction of sp³-hybridized carbons (Fsp3) is 0.619. The number of urea groups is 1. The Hall–Kier alpha value is -2.11. The van der Waals surface area contributed by atoms with Gasteiger partial charge < -0.3 is 15.1 Å². The van der Waals surface area contributed by atoms with E-state index in [9.17, 15) is 14.0 Å². The first-order chi connectivity index (χ1) is 13.0. The van der Waals surface area contributed by atoms with Gasteiger partial charge in [0.1, 0.15) is 5.82 Å². The lowest BCUT2D eigenvalue weighted by atomic mass is 9.72. The Bertz CT molecular complexity index is 709. The molecule has 1 aliphatic carbocycles. The van der Waals surface area contributed by atoms with E-state index in [0.717, 1.165) is 57.3 Å². The van der Waals surface area contributed by atoms with Crippen molar-refractivity contribution in [1.29, 1.82) is 0 Å². The molecule has 1 saturated carbocycles. The molecule has 2 saturated heterocycles. The number of nitrogens with one attached hydrogen (secondary N) is 1. The number of halogens is 1. The summed E-state index contributed by atoms with van der Waals surface area (Å²) in [5.74, 6) is 0.0428. The summed E-state index contributed by atoms with van der Waals surface area (Å²) in [6.45, 7) is 4.25. The topological polar surface area (TPSA) is 52.7 Å². The Kier molecular flexibility index (Phi) is 4.82. The minimum Gasteiger partial charge on any atom is -0.339 e. The lowest BCUT2D eigenvalue weighted by Gasteiger charge is -2.47. The molecule has 27 heavy (non-hydrogen) atoms. The first-order valence-electron chi connectivity index (χ1n) is 10.1. The number of hydrogen-bond donors (Lipinski definition) is 1. The molecule has 3 aliphatic rings. The zero-order chi connectivity index (χ0) is 19.0. The van der Waals surface area contributed by atoms with Gasteiger partial charge in [0, 0.05) is 32.1 Å². The van der Waals surface area contributed by atoms with Crippen molar-refractivity contribution in [3.8, 4) is 0 Å². The van der Waals surface area contributed by atoms with E-state index in [1.165, 1.54) is 12.1 Å². The van der Waals surface area contributed by atoms with Crippen LogP contribution in [0, 0.1) is 11.2 Å². The van der Waals surface area contributed by atoms with Gasteiger partial charge in [0.15, 0.2) is 0 Å². The van der Waals surface area contributed by atoms with E-state index >= 15 is 0 Å². The first kappa shape index (κ1) is 18.3. The number of carbonyl (C=O) groups is 2. The number of nitrogens with zero attached hydrogens (tertiary/aromatic N) is 2. The van der Waals surface area contributed by atoms with Crippen LogP contribution in [0.3, 0.4) is 0 Å². The number of piperidine rings is 2. The number of amides is 3. The number of benzene rings is 1. The van der Waals surface area contributed by atoms with E-state index in [1.807, 2.05) is 11.8 Å². The predicted molar refractivity (Wildman–Crippen MR) is 101 cm³/mol. The molecular weight excluding hydrogens is 345 g/mol. The average molecular weight is 373 g/mol. The minimum atomic E-state index is -0.273. The molecule has 0 aromatic heterocycles. The van der Waals surface area contributed by atoms with E-state index in [0.29, 0.717) is 18.4 Å². The third kappa shape index (κ3) is 3.94. The van der Waals surface area contributed by atoms with Crippen LogP contribution < -0.4 is 5.32 Å². The van der Waals surface area contributed by atoms with E-state index in [2.05, 4.69) is 10.2 Å². The van der Waals surface area contributed by atoms with Crippen LogP contribution in [0.5, 0.6) is 0 Å². The first-order valence-corrected chi connectivity index (χ1v) is 10.1. The Balaban J connectivity index is 1.31. The van der Waals surface area contributed by atoms with Crippen LogP contribution in [0.15, 0.2) is 24.3 Å². The third-order valence-electron chi connectivity index (χ3n) is 6.50. The third-order valence-corrected chi connectivity index (χ3v) is 6.50. The van der Waals surface area contributed by atoms with Crippen LogP contribution in [-0.4, -0.2) is 47.4 Å². The van der Waals surface area contributed by atoms with Gasteiger partial charge in [0.2, 0.25) is 5.91 Å². The molecule has 1 N–H and O–H groups in total. The summed E-state index contributed by atoms with van der Waals surface area (Å²) >= 11 is 0. The van der Waals surface area contributed by atoms with E-state index in [4.69, 9.17) is 0 Å². The van der Waals surface area contributed by atoms with Crippen molar-refractivity contribution in [2.75, 3.05) is 19.6 Å². The second-order valence-corrected chi connectivity index (χ2v) is 8.46. The normalized spacial score (nSPS) is 23.4. The number of rotatable bonds is 3. The van der Waals surface area contributed by atoms with Crippen molar-refractivity contribution < 1.29 is 14.0 Å². The van der Waals surface area contributed by atoms with Crippen molar-refractivity contribution in [1.82, 2.24) is 15.1 Å². The molecule has 0 bridgehead atoms. The van der Waals surface area contributed by atoms with Crippen LogP contribution in [0.25, 0.3) is 0 Å². The molecule has 4 rings (SSSR count). The van der Waals surface area contributed by atoms with Gasteiger partial charge in [0.25, 0.3) is 0 Å². The second-order valence-electron chi connectivity index (χ2n) is 8.46. The molecule has 146 valence electrons. The van der Waals surface area contributed by atoms with Crippen molar-refractivity contribution >= 4 is 11.9 Å². The van der Waals surface area contributed by atoms with Crippen molar-refractivity contribution in [2.24, 2.45) is 5.41 Å². The highest BCUT2D eigenvalue weighted by molar-refractivity contribution is 5.78. The molecule has 6 heteroatoms. The van der Waals surface area contributed by atoms with Crippen molar-refractivity contribution in [3.05, 3.63) is 35.6 Å². The number of likely N-dealkylation sites (tertiary alicyclic amines) is 2. The molecule has 1 atom stereocenters. The molecule has 1 aromatic rings. The van der Waals surface area contributed by atoms with Gasteiger partial charge >= 0.3 is 6.03 Å². The number of carbonyl (C=O) groups excluding carboxylic acids is 2. The number of hydrogen-bond acceptors (Lipinski definition) is 2. The molecule has 3 amide bonds. The fourth-order valence-electron chi connectivity index (χ4n) is 4.47. The monoisotopic (exact) mass is 373 g/mol. The van der Waals surface area contributed by atoms with Crippen LogP contribution in [0.4, 0.5) is 9.18 Å². The maximum Gasteiger partial charge on any atom is 0.317 e. The summed E-state index contributed by atoms with van der Waals surface area (Å²) in [4.78, 5) is 28.8. The summed E-state index contributed by atoms with van der Waals surface area (Å²) in [6, 6.07) is 6.50. The molecule has 1 spiro atoms. The van der Waals surface area contributed by atoms with Gasteiger partial charge in [-0.2, -0.15) is 0 Å². The molecule has 0 radical (unpaired) electrons. The van der Waals surface area contributed by atoms with E-state index in [-0.39, 0.29) is 23.3 Å². The lowest BCUT2D eigenvalue weighted by Crippen LogP contribution is -2.54. The highest BCUT2D eigenvalue weighted by Gasteiger charge is 2.45. The summed E-state index contributed by atoms with van der Waals surface area (Å²) in [7, 11) is 0. The predicted octanol–water partition coefficient (Wildman–Crippen LogP) is 3.46. The molecular formula is C21H28FN3O2. The SMILES string of the molecule is C[C@H](NC(=O)N1CCC2(CCC(=O)N(C3CC3)C2)CC1)c1ccc(F)cc1. The summed E-state index contributed by atoms with van der Waals surface area (Å²) in [5, 5.41) is 3.02. The van der Waals surface area contributed by atoms with Gasteiger partial charge in [-0.25, -0.2) is 9.18 Å². The maximum absolute atomic E-state index is 13.1. The van der Waals surface area contributed by atoms with Crippen LogP contribution >= 0.6 is 0 Å². The molecule has 3 fully saturated rings. The summed E-state index contributed by atoms with van der Waals surface area (Å²) in [5.41, 5.74) is 1.08. The van der Waals surface area contributed by atoms with E-state index in [1.54, 1.807) is 12.1 Å². The van der Waals surface area contributed by atoms with Crippen molar-refractivity contribution in [3.63, 3.8) is 0 Å². The lowest BCUT2D eigenvalue weighted by molar-refractivity contribution is -0.139. The molecule has 1 aromatic carbocycles. The summed E-state index contributed by atoms with van der Waals surface area (Å²) in [6.07, 6.45) is 5.83.